The summed E-state index contributed by atoms with van der Waals surface area (Å²) in [6.07, 6.45) is -0.802. The summed E-state index contributed by atoms with van der Waals surface area (Å²) in [4.78, 5) is 0. The number of thiophene rings is 1. The Hall–Kier alpha value is -0.260. The molecule has 2 aromatic rings. The van der Waals surface area contributed by atoms with Crippen molar-refractivity contribution in [2.75, 3.05) is 7.11 Å². The lowest BCUT2D eigenvalue weighted by atomic mass is 10.0. The summed E-state index contributed by atoms with van der Waals surface area (Å²) in [5, 5.41) is 10.3. The van der Waals surface area contributed by atoms with Crippen LogP contribution in [0.25, 0.3) is 0 Å². The van der Waals surface area contributed by atoms with Crippen molar-refractivity contribution in [3.05, 3.63) is 48.5 Å². The molecule has 0 saturated carbocycles. The minimum atomic E-state index is -0.802. The number of hydrogen-bond acceptors (Lipinski definition) is 3. The van der Waals surface area contributed by atoms with Crippen LogP contribution in [0.1, 0.15) is 17.2 Å². The van der Waals surface area contributed by atoms with Gasteiger partial charge in [0.2, 0.25) is 0 Å². The van der Waals surface area contributed by atoms with Gasteiger partial charge in [-0.2, -0.15) is 0 Å². The summed E-state index contributed by atoms with van der Waals surface area (Å²) in [5.41, 5.74) is 1.34. The van der Waals surface area contributed by atoms with Gasteiger partial charge < -0.3 is 9.84 Å². The van der Waals surface area contributed by atoms with Crippen LogP contribution in [0, 0.1) is 0 Å². The summed E-state index contributed by atoms with van der Waals surface area (Å²) >= 11 is 16.5. The van der Waals surface area contributed by atoms with Crippen LogP contribution in [-0.2, 0) is 0 Å². The first-order valence-corrected chi connectivity index (χ1v) is 7.35. The highest BCUT2D eigenvalue weighted by atomic mass is 79.9. The minimum Gasteiger partial charge on any atom is -0.496 e. The quantitative estimate of drug-likeness (QED) is 0.835. The number of rotatable bonds is 3. The van der Waals surface area contributed by atoms with Crippen LogP contribution in [-0.4, -0.2) is 12.2 Å². The van der Waals surface area contributed by atoms with E-state index in [4.69, 9.17) is 27.9 Å². The summed E-state index contributed by atoms with van der Waals surface area (Å²) in [6.45, 7) is 0. The lowest BCUT2D eigenvalue weighted by Crippen LogP contribution is -1.99. The maximum Gasteiger partial charge on any atom is 0.133 e. The fraction of sp³-hybridized carbons (Fsp3) is 0.167. The van der Waals surface area contributed by atoms with Crippen LogP contribution >= 0.6 is 50.5 Å². The van der Waals surface area contributed by atoms with E-state index in [1.54, 1.807) is 31.4 Å². The molecule has 0 aliphatic rings. The summed E-state index contributed by atoms with van der Waals surface area (Å²) in [6, 6.07) is 7.05. The molecule has 0 fully saturated rings. The van der Waals surface area contributed by atoms with Gasteiger partial charge in [-0.05, 0) is 39.7 Å². The Kier molecular flexibility index (Phi) is 4.56. The van der Waals surface area contributed by atoms with Gasteiger partial charge in [-0.25, -0.2) is 0 Å². The number of hydrogen-bond donors (Lipinski definition) is 1. The highest BCUT2D eigenvalue weighted by molar-refractivity contribution is 9.10. The molecule has 0 aliphatic heterocycles. The van der Waals surface area contributed by atoms with E-state index in [2.05, 4.69) is 15.9 Å². The lowest BCUT2D eigenvalue weighted by molar-refractivity contribution is 0.220. The molecule has 6 heteroatoms. The molecule has 1 heterocycles. The van der Waals surface area contributed by atoms with Crippen molar-refractivity contribution in [1.82, 2.24) is 0 Å². The van der Waals surface area contributed by atoms with E-state index in [1.165, 1.54) is 11.3 Å². The first kappa shape index (κ1) is 14.2. The second-order valence-corrected chi connectivity index (χ2v) is 6.72. The number of halogens is 3. The predicted octanol–water partition coefficient (Wildman–Crippen LogP) is 4.91. The Morgan fingerprint density at radius 1 is 1.33 bits per heavy atom. The topological polar surface area (TPSA) is 29.5 Å². The van der Waals surface area contributed by atoms with Gasteiger partial charge in [-0.1, -0.05) is 29.3 Å². The Morgan fingerprint density at radius 2 is 2.06 bits per heavy atom. The van der Waals surface area contributed by atoms with E-state index < -0.39 is 6.10 Å². The Bertz CT molecular complexity index is 571. The molecule has 2 nitrogen and oxygen atoms in total. The van der Waals surface area contributed by atoms with E-state index in [0.29, 0.717) is 20.0 Å². The molecular weight excluding hydrogens is 359 g/mol. The molecule has 0 saturated heterocycles. The van der Waals surface area contributed by atoms with Gasteiger partial charge in [0.15, 0.2) is 0 Å². The monoisotopic (exact) mass is 366 g/mol. The van der Waals surface area contributed by atoms with Gasteiger partial charge in [0.25, 0.3) is 0 Å². The fourth-order valence-electron chi connectivity index (χ4n) is 1.57. The van der Waals surface area contributed by atoms with Crippen molar-refractivity contribution < 1.29 is 9.84 Å². The molecule has 2 rings (SSSR count). The molecule has 18 heavy (non-hydrogen) atoms. The molecule has 1 atom stereocenters. The van der Waals surface area contributed by atoms with Gasteiger partial charge in [-0.3, -0.25) is 0 Å². The van der Waals surface area contributed by atoms with E-state index >= 15 is 0 Å². The van der Waals surface area contributed by atoms with Crippen molar-refractivity contribution in [2.45, 2.75) is 6.10 Å². The number of ether oxygens (including phenoxy) is 1. The zero-order valence-electron chi connectivity index (χ0n) is 9.28. The minimum absolute atomic E-state index is 0.499. The average molecular weight is 368 g/mol. The molecule has 1 unspecified atom stereocenters. The van der Waals surface area contributed by atoms with Crippen molar-refractivity contribution >= 4 is 50.5 Å². The largest absolute Gasteiger partial charge is 0.496 e. The zero-order chi connectivity index (χ0) is 13.3. The van der Waals surface area contributed by atoms with E-state index in [1.807, 2.05) is 0 Å². The second kappa shape index (κ2) is 5.80. The van der Waals surface area contributed by atoms with Crippen molar-refractivity contribution in [1.29, 1.82) is 0 Å². The van der Waals surface area contributed by atoms with E-state index in [0.717, 1.165) is 10.0 Å². The molecular formula is C12H9BrCl2O2S. The molecule has 0 amide bonds. The van der Waals surface area contributed by atoms with Crippen LogP contribution < -0.4 is 4.74 Å². The first-order valence-electron chi connectivity index (χ1n) is 4.99. The first-order chi connectivity index (χ1) is 8.52. The average Bonchev–Trinajstić information content (AvgIpc) is 2.67. The standard InChI is InChI=1S/C12H9BrCl2O2S/c1-17-9-3-2-6(4-8(9)13)11(16)7-5-10(14)18-12(7)15/h2-5,11,16H,1H3. The SMILES string of the molecule is COc1ccc(C(O)c2cc(Cl)sc2Cl)cc1Br. The van der Waals surface area contributed by atoms with Crippen molar-refractivity contribution in [3.63, 3.8) is 0 Å². The number of aliphatic hydroxyl groups excluding tert-OH is 1. The number of benzene rings is 1. The summed E-state index contributed by atoms with van der Waals surface area (Å²) in [5.74, 6) is 0.709. The van der Waals surface area contributed by atoms with Crippen LogP contribution in [0.2, 0.25) is 8.67 Å². The molecule has 0 radical (unpaired) electrons. The Labute approximate surface area is 127 Å². The van der Waals surface area contributed by atoms with Gasteiger partial charge in [0.05, 0.1) is 15.9 Å². The third-order valence-corrected chi connectivity index (χ3v) is 4.61. The van der Waals surface area contributed by atoms with E-state index in [9.17, 15) is 5.11 Å². The van der Waals surface area contributed by atoms with Crippen molar-refractivity contribution in [3.8, 4) is 5.75 Å². The van der Waals surface area contributed by atoms with Gasteiger partial charge in [-0.15, -0.1) is 11.3 Å². The van der Waals surface area contributed by atoms with Crippen LogP contribution in [0.5, 0.6) is 5.75 Å². The Morgan fingerprint density at radius 3 is 2.56 bits per heavy atom. The van der Waals surface area contributed by atoms with E-state index in [-0.39, 0.29) is 0 Å². The van der Waals surface area contributed by atoms with Gasteiger partial charge >= 0.3 is 0 Å². The molecule has 0 spiro atoms. The molecule has 0 aliphatic carbocycles. The lowest BCUT2D eigenvalue weighted by Gasteiger charge is -2.12. The zero-order valence-corrected chi connectivity index (χ0v) is 13.2. The highest BCUT2D eigenvalue weighted by Gasteiger charge is 2.18. The highest BCUT2D eigenvalue weighted by Crippen LogP contribution is 2.38. The van der Waals surface area contributed by atoms with Gasteiger partial charge in [0.1, 0.15) is 16.2 Å². The van der Waals surface area contributed by atoms with Crippen LogP contribution in [0.4, 0.5) is 0 Å². The van der Waals surface area contributed by atoms with Crippen LogP contribution in [0.15, 0.2) is 28.7 Å². The third-order valence-electron chi connectivity index (χ3n) is 2.47. The van der Waals surface area contributed by atoms with Crippen LogP contribution in [0.3, 0.4) is 0 Å². The molecule has 0 bridgehead atoms. The second-order valence-electron chi connectivity index (χ2n) is 3.58. The molecule has 1 aromatic heterocycles. The van der Waals surface area contributed by atoms with Crippen molar-refractivity contribution in [2.24, 2.45) is 0 Å². The molecule has 1 aromatic carbocycles. The summed E-state index contributed by atoms with van der Waals surface area (Å²) in [7, 11) is 1.59. The normalized spacial score (nSPS) is 12.5. The maximum atomic E-state index is 10.3. The smallest absolute Gasteiger partial charge is 0.133 e. The molecule has 96 valence electrons. The number of methoxy groups -OCH3 is 1. The predicted molar refractivity (Wildman–Crippen MR) is 79.1 cm³/mol. The number of aliphatic hydroxyl groups is 1. The van der Waals surface area contributed by atoms with Gasteiger partial charge in [0, 0.05) is 5.56 Å². The summed E-state index contributed by atoms with van der Waals surface area (Å²) < 4.78 is 6.97. The third kappa shape index (κ3) is 2.83. The maximum absolute atomic E-state index is 10.3. The fourth-order valence-corrected chi connectivity index (χ4v) is 3.65. The molecule has 1 N–H and O–H groups in total. The Balaban J connectivity index is 2.37.